The number of carbonyl (C=O) groups is 1. The van der Waals surface area contributed by atoms with Gasteiger partial charge in [0.1, 0.15) is 0 Å². The molecular weight excluding hydrogens is 420 g/mol. The van der Waals surface area contributed by atoms with E-state index >= 15 is 0 Å². The number of fused-ring (bicyclic) bond motifs is 1. The fourth-order valence-corrected chi connectivity index (χ4v) is 5.76. The van der Waals surface area contributed by atoms with E-state index in [-0.39, 0.29) is 16.6 Å². The number of hydrogen-bond donors (Lipinski definition) is 0. The van der Waals surface area contributed by atoms with E-state index in [1.54, 1.807) is 23.1 Å². The zero-order chi connectivity index (χ0) is 22.5. The van der Waals surface area contributed by atoms with Gasteiger partial charge < -0.3 is 9.47 Å². The van der Waals surface area contributed by atoms with Crippen LogP contribution in [0.25, 0.3) is 11.0 Å². The summed E-state index contributed by atoms with van der Waals surface area (Å²) in [6.45, 7) is 16.1. The van der Waals surface area contributed by atoms with Crippen LogP contribution in [0.3, 0.4) is 0 Å². The molecule has 2 rings (SSSR count). The van der Waals surface area contributed by atoms with Gasteiger partial charge in [-0.15, -0.1) is 0 Å². The van der Waals surface area contributed by atoms with Crippen molar-refractivity contribution in [2.24, 2.45) is 0 Å². The number of aryl methyl sites for hydroxylation is 1. The third-order valence-electron chi connectivity index (χ3n) is 4.86. The van der Waals surface area contributed by atoms with E-state index in [0.29, 0.717) is 43.4 Å². The van der Waals surface area contributed by atoms with Crippen molar-refractivity contribution in [2.75, 3.05) is 31.9 Å². The second kappa shape index (κ2) is 10.5. The van der Waals surface area contributed by atoms with Crippen molar-refractivity contribution < 1.29 is 13.2 Å². The Morgan fingerprint density at radius 1 is 1.17 bits per heavy atom. The van der Waals surface area contributed by atoms with Crippen molar-refractivity contribution in [1.29, 1.82) is 0 Å². The van der Waals surface area contributed by atoms with Gasteiger partial charge in [-0.3, -0.25) is 4.79 Å². The second-order valence-corrected chi connectivity index (χ2v) is 9.91. The first-order valence-corrected chi connectivity index (χ1v) is 12.7. The van der Waals surface area contributed by atoms with Gasteiger partial charge in [-0.25, -0.2) is 13.4 Å². The summed E-state index contributed by atoms with van der Waals surface area (Å²) in [7, 11) is -3.55. The molecule has 166 valence electrons. The topological polar surface area (TPSA) is 75.5 Å². The molecule has 2 aromatic rings. The average molecular weight is 453 g/mol. The Morgan fingerprint density at radius 3 is 2.37 bits per heavy atom. The SMILES string of the molecule is C=C(C)CN(CC)C(=O)CSc1nc2cc(S(=O)(=O)N(CC)CC)ccc2n1CC. The first kappa shape index (κ1) is 24.4. The maximum absolute atomic E-state index is 12.8. The van der Waals surface area contributed by atoms with Crippen LogP contribution in [-0.4, -0.2) is 65.0 Å². The minimum atomic E-state index is -3.55. The Labute approximate surface area is 184 Å². The summed E-state index contributed by atoms with van der Waals surface area (Å²) in [5.74, 6) is 0.305. The fourth-order valence-electron chi connectivity index (χ4n) is 3.30. The van der Waals surface area contributed by atoms with Crippen LogP contribution >= 0.6 is 11.8 Å². The van der Waals surface area contributed by atoms with Crippen LogP contribution in [0.5, 0.6) is 0 Å². The van der Waals surface area contributed by atoms with Crippen molar-refractivity contribution >= 4 is 38.7 Å². The lowest BCUT2D eigenvalue weighted by atomic mass is 10.3. The Bertz CT molecular complexity index is 1010. The summed E-state index contributed by atoms with van der Waals surface area (Å²) in [4.78, 5) is 19.2. The highest BCUT2D eigenvalue weighted by Crippen LogP contribution is 2.27. The molecule has 0 aliphatic carbocycles. The molecule has 1 amide bonds. The highest BCUT2D eigenvalue weighted by atomic mass is 32.2. The van der Waals surface area contributed by atoms with Crippen LogP contribution in [0.4, 0.5) is 0 Å². The van der Waals surface area contributed by atoms with Gasteiger partial charge in [0.25, 0.3) is 0 Å². The summed E-state index contributed by atoms with van der Waals surface area (Å²) in [5.41, 5.74) is 2.42. The molecule has 9 heteroatoms. The lowest BCUT2D eigenvalue weighted by molar-refractivity contribution is -0.127. The molecule has 0 radical (unpaired) electrons. The molecule has 0 aliphatic heterocycles. The number of amides is 1. The maximum atomic E-state index is 12.8. The zero-order valence-electron chi connectivity index (χ0n) is 18.5. The third-order valence-corrected chi connectivity index (χ3v) is 7.87. The van der Waals surface area contributed by atoms with Gasteiger partial charge in [-0.05, 0) is 39.0 Å². The second-order valence-electron chi connectivity index (χ2n) is 7.03. The molecule has 0 saturated heterocycles. The van der Waals surface area contributed by atoms with E-state index in [1.165, 1.54) is 16.1 Å². The first-order chi connectivity index (χ1) is 14.2. The molecule has 7 nitrogen and oxygen atoms in total. The number of hydrogen-bond acceptors (Lipinski definition) is 5. The van der Waals surface area contributed by atoms with Crippen molar-refractivity contribution in [3.05, 3.63) is 30.4 Å². The molecule has 0 atom stereocenters. The van der Waals surface area contributed by atoms with Gasteiger partial charge in [0.15, 0.2) is 5.16 Å². The molecular formula is C21H32N4O3S2. The summed E-state index contributed by atoms with van der Waals surface area (Å²) in [6.07, 6.45) is 0. The van der Waals surface area contributed by atoms with Gasteiger partial charge in [0, 0.05) is 32.7 Å². The van der Waals surface area contributed by atoms with Crippen molar-refractivity contribution in [3.63, 3.8) is 0 Å². The molecule has 0 aliphatic rings. The zero-order valence-corrected chi connectivity index (χ0v) is 20.1. The number of imidazole rings is 1. The van der Waals surface area contributed by atoms with Gasteiger partial charge >= 0.3 is 0 Å². The number of carbonyl (C=O) groups excluding carboxylic acids is 1. The minimum Gasteiger partial charge on any atom is -0.338 e. The van der Waals surface area contributed by atoms with E-state index in [2.05, 4.69) is 11.6 Å². The third kappa shape index (κ3) is 5.25. The van der Waals surface area contributed by atoms with Crippen LogP contribution in [0, 0.1) is 0 Å². The Kier molecular flexibility index (Phi) is 8.52. The largest absolute Gasteiger partial charge is 0.338 e. The molecule has 0 N–H and O–H groups in total. The van der Waals surface area contributed by atoms with Gasteiger partial charge in [-0.1, -0.05) is 37.8 Å². The number of rotatable bonds is 11. The van der Waals surface area contributed by atoms with E-state index in [1.807, 2.05) is 39.2 Å². The van der Waals surface area contributed by atoms with Crippen molar-refractivity contribution in [2.45, 2.75) is 51.2 Å². The summed E-state index contributed by atoms with van der Waals surface area (Å²) < 4.78 is 29.1. The number of aromatic nitrogens is 2. The predicted octanol–water partition coefficient (Wildman–Crippen LogP) is 3.60. The van der Waals surface area contributed by atoms with E-state index < -0.39 is 10.0 Å². The summed E-state index contributed by atoms with van der Waals surface area (Å²) in [6, 6.07) is 5.06. The Balaban J connectivity index is 2.32. The molecule has 30 heavy (non-hydrogen) atoms. The van der Waals surface area contributed by atoms with E-state index in [4.69, 9.17) is 0 Å². The summed E-state index contributed by atoms with van der Waals surface area (Å²) in [5, 5.41) is 0.713. The number of nitrogens with zero attached hydrogens (tertiary/aromatic N) is 4. The predicted molar refractivity (Wildman–Crippen MR) is 123 cm³/mol. The Hall–Kier alpha value is -1.84. The quantitative estimate of drug-likeness (QED) is 0.385. The smallest absolute Gasteiger partial charge is 0.243 e. The standard InChI is InChI=1S/C21H32N4O3S2/c1-7-23(14-16(5)6)20(26)15-29-21-22-18-13-17(11-12-19(18)25(21)10-4)30(27,28)24(8-2)9-3/h11-13H,5,7-10,14-15H2,1-4,6H3. The normalized spacial score (nSPS) is 11.9. The lowest BCUT2D eigenvalue weighted by Crippen LogP contribution is -2.33. The van der Waals surface area contributed by atoms with Crippen molar-refractivity contribution in [3.8, 4) is 0 Å². The van der Waals surface area contributed by atoms with Gasteiger partial charge in [-0.2, -0.15) is 4.31 Å². The van der Waals surface area contributed by atoms with E-state index in [9.17, 15) is 13.2 Å². The van der Waals surface area contributed by atoms with Crippen LogP contribution in [-0.2, 0) is 21.4 Å². The number of thioether (sulfide) groups is 1. The molecule has 0 fully saturated rings. The molecule has 0 saturated carbocycles. The number of likely N-dealkylation sites (N-methyl/N-ethyl adjacent to an activating group) is 1. The van der Waals surface area contributed by atoms with Crippen LogP contribution in [0.15, 0.2) is 40.4 Å². The van der Waals surface area contributed by atoms with Crippen molar-refractivity contribution in [1.82, 2.24) is 18.8 Å². The molecule has 1 aromatic carbocycles. The van der Waals surface area contributed by atoms with Crippen LogP contribution in [0.2, 0.25) is 0 Å². The number of benzene rings is 1. The molecule has 1 aromatic heterocycles. The highest BCUT2D eigenvalue weighted by Gasteiger charge is 2.23. The molecule has 1 heterocycles. The van der Waals surface area contributed by atoms with Crippen LogP contribution < -0.4 is 0 Å². The first-order valence-electron chi connectivity index (χ1n) is 10.2. The fraction of sp³-hybridized carbons (Fsp3) is 0.524. The van der Waals surface area contributed by atoms with E-state index in [0.717, 1.165) is 11.1 Å². The summed E-state index contributed by atoms with van der Waals surface area (Å²) >= 11 is 1.38. The molecule has 0 bridgehead atoms. The van der Waals surface area contributed by atoms with Gasteiger partial charge in [0.2, 0.25) is 15.9 Å². The highest BCUT2D eigenvalue weighted by molar-refractivity contribution is 7.99. The van der Waals surface area contributed by atoms with Gasteiger partial charge in [0.05, 0.1) is 21.7 Å². The average Bonchev–Trinajstić information content (AvgIpc) is 3.07. The maximum Gasteiger partial charge on any atom is 0.243 e. The molecule has 0 spiro atoms. The molecule has 0 unspecified atom stereocenters. The minimum absolute atomic E-state index is 0.0324. The number of sulfonamides is 1. The Morgan fingerprint density at radius 2 is 1.83 bits per heavy atom. The van der Waals surface area contributed by atoms with Crippen LogP contribution in [0.1, 0.15) is 34.6 Å². The lowest BCUT2D eigenvalue weighted by Gasteiger charge is -2.20. The monoisotopic (exact) mass is 452 g/mol.